The van der Waals surface area contributed by atoms with Gasteiger partial charge in [0.25, 0.3) is 0 Å². The molecule has 0 aliphatic carbocycles. The summed E-state index contributed by atoms with van der Waals surface area (Å²) in [6, 6.07) is 4.36. The normalized spacial score (nSPS) is 25.0. The van der Waals surface area contributed by atoms with Gasteiger partial charge >= 0.3 is 6.18 Å². The van der Waals surface area contributed by atoms with E-state index in [2.05, 4.69) is 0 Å². The summed E-state index contributed by atoms with van der Waals surface area (Å²) in [4.78, 5) is -0.654. The van der Waals surface area contributed by atoms with Gasteiger partial charge in [-0.05, 0) is 30.4 Å². The smallest absolute Gasteiger partial charge is 0.207 e. The zero-order valence-corrected chi connectivity index (χ0v) is 12.7. The zero-order valence-electron chi connectivity index (χ0n) is 11.9. The number of nitrogens with zero attached hydrogens (tertiary/aromatic N) is 1. The second-order valence-electron chi connectivity index (χ2n) is 5.76. The first kappa shape index (κ1) is 16.3. The minimum atomic E-state index is -4.68. The van der Waals surface area contributed by atoms with E-state index in [0.717, 1.165) is 18.6 Å². The number of benzene rings is 1. The molecule has 1 fully saturated rings. The van der Waals surface area contributed by atoms with Crippen molar-refractivity contribution in [2.24, 2.45) is 11.8 Å². The molecule has 118 valence electrons. The highest BCUT2D eigenvalue weighted by atomic mass is 32.2. The second-order valence-corrected chi connectivity index (χ2v) is 7.67. The van der Waals surface area contributed by atoms with Crippen molar-refractivity contribution in [2.75, 3.05) is 13.1 Å². The highest BCUT2D eigenvalue weighted by Crippen LogP contribution is 2.36. The van der Waals surface area contributed by atoms with Gasteiger partial charge in [0.1, 0.15) is 0 Å². The molecule has 0 amide bonds. The molecular formula is C14H18F3NO2S. The average Bonchev–Trinajstić information content (AvgIpc) is 2.36. The number of rotatable bonds is 2. The summed E-state index contributed by atoms with van der Waals surface area (Å²) < 4.78 is 65.4. The molecule has 2 rings (SSSR count). The number of alkyl halides is 3. The third-order valence-corrected chi connectivity index (χ3v) is 5.54. The molecule has 21 heavy (non-hydrogen) atoms. The van der Waals surface area contributed by atoms with Crippen LogP contribution < -0.4 is 0 Å². The monoisotopic (exact) mass is 321 g/mol. The SMILES string of the molecule is CC1CC(C)CN(S(=O)(=O)c2ccccc2C(F)(F)F)C1. The van der Waals surface area contributed by atoms with Crippen molar-refractivity contribution < 1.29 is 21.6 Å². The number of sulfonamides is 1. The fourth-order valence-corrected chi connectivity index (χ4v) is 4.76. The maximum absolute atomic E-state index is 13.0. The molecule has 1 aromatic carbocycles. The van der Waals surface area contributed by atoms with Crippen molar-refractivity contribution >= 4 is 10.0 Å². The first-order valence-corrected chi connectivity index (χ1v) is 8.22. The van der Waals surface area contributed by atoms with Crippen LogP contribution in [0.1, 0.15) is 25.8 Å². The number of hydrogen-bond donors (Lipinski definition) is 0. The van der Waals surface area contributed by atoms with Crippen LogP contribution in [0.5, 0.6) is 0 Å². The molecule has 1 saturated heterocycles. The molecule has 1 aromatic rings. The molecule has 0 spiro atoms. The summed E-state index contributed by atoms with van der Waals surface area (Å²) in [7, 11) is -4.13. The van der Waals surface area contributed by atoms with E-state index in [0.29, 0.717) is 0 Å². The number of piperidine rings is 1. The first-order chi connectivity index (χ1) is 9.62. The summed E-state index contributed by atoms with van der Waals surface area (Å²) >= 11 is 0. The van der Waals surface area contributed by atoms with E-state index in [1.807, 2.05) is 13.8 Å². The van der Waals surface area contributed by atoms with Gasteiger partial charge in [-0.3, -0.25) is 0 Å². The van der Waals surface area contributed by atoms with E-state index in [1.54, 1.807) is 0 Å². The summed E-state index contributed by atoms with van der Waals surface area (Å²) in [5.74, 6) is 0.281. The van der Waals surface area contributed by atoms with Crippen LogP contribution in [0.3, 0.4) is 0 Å². The van der Waals surface area contributed by atoms with Gasteiger partial charge in [-0.1, -0.05) is 26.0 Å². The van der Waals surface area contributed by atoms with Crippen LogP contribution in [-0.2, 0) is 16.2 Å². The van der Waals surface area contributed by atoms with Crippen LogP contribution in [0.2, 0.25) is 0 Å². The van der Waals surface area contributed by atoms with Crippen LogP contribution >= 0.6 is 0 Å². The highest BCUT2D eigenvalue weighted by molar-refractivity contribution is 7.89. The minimum absolute atomic E-state index is 0.140. The summed E-state index contributed by atoms with van der Waals surface area (Å²) in [5, 5.41) is 0. The predicted molar refractivity (Wildman–Crippen MR) is 73.1 cm³/mol. The maximum Gasteiger partial charge on any atom is 0.417 e. The van der Waals surface area contributed by atoms with Gasteiger partial charge in [-0.2, -0.15) is 17.5 Å². The Morgan fingerprint density at radius 1 is 1.10 bits per heavy atom. The molecule has 3 nitrogen and oxygen atoms in total. The summed E-state index contributed by atoms with van der Waals surface area (Å²) in [6.45, 7) is 4.35. The molecule has 0 bridgehead atoms. The van der Waals surface area contributed by atoms with Gasteiger partial charge in [0, 0.05) is 13.1 Å². The Kier molecular flexibility index (Phi) is 4.35. The third-order valence-electron chi connectivity index (χ3n) is 3.65. The maximum atomic E-state index is 13.0. The van der Waals surface area contributed by atoms with E-state index in [9.17, 15) is 21.6 Å². The minimum Gasteiger partial charge on any atom is -0.207 e. The molecule has 2 atom stereocenters. The van der Waals surface area contributed by atoms with E-state index < -0.39 is 26.7 Å². The van der Waals surface area contributed by atoms with Crippen molar-refractivity contribution in [3.63, 3.8) is 0 Å². The van der Waals surface area contributed by atoms with Gasteiger partial charge < -0.3 is 0 Å². The van der Waals surface area contributed by atoms with E-state index >= 15 is 0 Å². The fourth-order valence-electron chi connectivity index (χ4n) is 2.87. The average molecular weight is 321 g/mol. The first-order valence-electron chi connectivity index (χ1n) is 6.78. The lowest BCUT2D eigenvalue weighted by Gasteiger charge is -2.34. The predicted octanol–water partition coefficient (Wildman–Crippen LogP) is 3.37. The third kappa shape index (κ3) is 3.40. The second kappa shape index (κ2) is 5.61. The van der Waals surface area contributed by atoms with Crippen LogP contribution in [0, 0.1) is 11.8 Å². The number of halogens is 3. The van der Waals surface area contributed by atoms with Crippen LogP contribution in [0.15, 0.2) is 29.2 Å². The Bertz CT molecular complexity index is 603. The van der Waals surface area contributed by atoms with Gasteiger partial charge in [0.05, 0.1) is 10.5 Å². The lowest BCUT2D eigenvalue weighted by molar-refractivity contribution is -0.139. The summed E-state index contributed by atoms with van der Waals surface area (Å²) in [6.07, 6.45) is -3.80. The van der Waals surface area contributed by atoms with Crippen molar-refractivity contribution in [1.82, 2.24) is 4.31 Å². The van der Waals surface area contributed by atoms with Crippen molar-refractivity contribution in [3.05, 3.63) is 29.8 Å². The van der Waals surface area contributed by atoms with Gasteiger partial charge in [0.2, 0.25) is 10.0 Å². The van der Waals surface area contributed by atoms with Crippen LogP contribution in [-0.4, -0.2) is 25.8 Å². The molecule has 0 radical (unpaired) electrons. The van der Waals surface area contributed by atoms with E-state index in [1.165, 1.54) is 16.4 Å². The standard InChI is InChI=1S/C14H18F3NO2S/c1-10-7-11(2)9-18(8-10)21(19,20)13-6-4-3-5-12(13)14(15,16)17/h3-6,10-11H,7-9H2,1-2H3. The highest BCUT2D eigenvalue weighted by Gasteiger charge is 2.40. The molecule has 1 aliphatic heterocycles. The Morgan fingerprint density at radius 2 is 1.62 bits per heavy atom. The summed E-state index contributed by atoms with van der Waals surface area (Å²) in [5.41, 5.74) is -1.10. The fraction of sp³-hybridized carbons (Fsp3) is 0.571. The van der Waals surface area contributed by atoms with Gasteiger partial charge in [-0.15, -0.1) is 0 Å². The van der Waals surface area contributed by atoms with Gasteiger partial charge in [-0.25, -0.2) is 8.42 Å². The topological polar surface area (TPSA) is 37.4 Å². The molecule has 0 N–H and O–H groups in total. The molecular weight excluding hydrogens is 303 g/mol. The molecule has 2 unspecified atom stereocenters. The molecule has 0 aromatic heterocycles. The van der Waals surface area contributed by atoms with E-state index in [-0.39, 0.29) is 24.9 Å². The lowest BCUT2D eigenvalue weighted by atomic mass is 9.94. The largest absolute Gasteiger partial charge is 0.417 e. The molecule has 1 aliphatic rings. The molecule has 0 saturated carbocycles. The Balaban J connectivity index is 2.45. The van der Waals surface area contributed by atoms with Gasteiger partial charge in [0.15, 0.2) is 0 Å². The number of hydrogen-bond acceptors (Lipinski definition) is 2. The van der Waals surface area contributed by atoms with E-state index in [4.69, 9.17) is 0 Å². The Morgan fingerprint density at radius 3 is 2.14 bits per heavy atom. The Labute approximate surface area is 122 Å². The molecule has 7 heteroatoms. The van der Waals surface area contributed by atoms with Crippen LogP contribution in [0.25, 0.3) is 0 Å². The van der Waals surface area contributed by atoms with Crippen molar-refractivity contribution in [2.45, 2.75) is 31.3 Å². The molecule has 1 heterocycles. The Hall–Kier alpha value is -1.08. The van der Waals surface area contributed by atoms with Crippen molar-refractivity contribution in [3.8, 4) is 0 Å². The quantitative estimate of drug-likeness (QED) is 0.837. The van der Waals surface area contributed by atoms with Crippen LogP contribution in [0.4, 0.5) is 13.2 Å². The van der Waals surface area contributed by atoms with Crippen molar-refractivity contribution in [1.29, 1.82) is 0 Å². The lowest BCUT2D eigenvalue weighted by Crippen LogP contribution is -2.43. The zero-order chi connectivity index (χ0) is 15.8.